The van der Waals surface area contributed by atoms with Crippen LogP contribution < -0.4 is 0 Å². The standard InChI is InChI=1S/C9H15N2/c10-6-2-5-9-11-7-3-1-4-8-11/h1H,2-5,7-9H2. The lowest BCUT2D eigenvalue weighted by atomic mass is 10.1. The first-order chi connectivity index (χ1) is 5.43. The highest BCUT2D eigenvalue weighted by atomic mass is 15.1. The van der Waals surface area contributed by atoms with Crippen molar-refractivity contribution in [2.75, 3.05) is 19.6 Å². The van der Waals surface area contributed by atoms with Crippen molar-refractivity contribution in [3.8, 4) is 6.07 Å². The molecule has 0 saturated carbocycles. The summed E-state index contributed by atoms with van der Waals surface area (Å²) in [5.74, 6) is 0. The normalized spacial score (nSPS) is 19.5. The van der Waals surface area contributed by atoms with Crippen molar-refractivity contribution in [3.63, 3.8) is 0 Å². The number of nitriles is 1. The zero-order valence-corrected chi connectivity index (χ0v) is 6.92. The Hall–Kier alpha value is -0.550. The lowest BCUT2D eigenvalue weighted by Gasteiger charge is -2.25. The Labute approximate surface area is 68.8 Å². The molecule has 1 fully saturated rings. The van der Waals surface area contributed by atoms with Gasteiger partial charge in [0, 0.05) is 6.42 Å². The zero-order chi connectivity index (χ0) is 7.94. The molecule has 1 aliphatic heterocycles. The van der Waals surface area contributed by atoms with E-state index in [1.807, 2.05) is 0 Å². The Kier molecular flexibility index (Phi) is 4.00. The van der Waals surface area contributed by atoms with E-state index in [2.05, 4.69) is 17.4 Å². The molecule has 1 saturated heterocycles. The molecular weight excluding hydrogens is 136 g/mol. The molecule has 1 heterocycles. The molecule has 2 heteroatoms. The largest absolute Gasteiger partial charge is 0.303 e. The van der Waals surface area contributed by atoms with Crippen molar-refractivity contribution in [2.24, 2.45) is 0 Å². The first-order valence-electron chi connectivity index (χ1n) is 4.34. The van der Waals surface area contributed by atoms with Gasteiger partial charge in [0.2, 0.25) is 0 Å². The minimum absolute atomic E-state index is 0.709. The fourth-order valence-corrected chi connectivity index (χ4v) is 1.41. The molecule has 0 aromatic carbocycles. The predicted molar refractivity (Wildman–Crippen MR) is 44.8 cm³/mol. The number of unbranched alkanes of at least 4 members (excludes halogenated alkanes) is 1. The van der Waals surface area contributed by atoms with Crippen LogP contribution in [0.15, 0.2) is 0 Å². The molecule has 0 unspecified atom stereocenters. The maximum absolute atomic E-state index is 8.32. The van der Waals surface area contributed by atoms with Gasteiger partial charge < -0.3 is 4.90 Å². The summed E-state index contributed by atoms with van der Waals surface area (Å²) < 4.78 is 0. The van der Waals surface area contributed by atoms with Crippen LogP contribution in [-0.2, 0) is 0 Å². The molecule has 1 rings (SSSR count). The highest BCUT2D eigenvalue weighted by Gasteiger charge is 2.08. The van der Waals surface area contributed by atoms with Gasteiger partial charge in [-0.2, -0.15) is 5.26 Å². The van der Waals surface area contributed by atoms with E-state index in [0.717, 1.165) is 13.0 Å². The fraction of sp³-hybridized carbons (Fsp3) is 0.778. The van der Waals surface area contributed by atoms with Crippen LogP contribution >= 0.6 is 0 Å². The van der Waals surface area contributed by atoms with Crippen molar-refractivity contribution in [2.45, 2.75) is 25.7 Å². The van der Waals surface area contributed by atoms with E-state index in [0.29, 0.717) is 6.42 Å². The molecule has 0 atom stereocenters. The lowest BCUT2D eigenvalue weighted by Crippen LogP contribution is -2.30. The third-order valence-electron chi connectivity index (χ3n) is 2.06. The van der Waals surface area contributed by atoms with E-state index in [1.165, 1.54) is 25.9 Å². The molecule has 0 aliphatic carbocycles. The summed E-state index contributed by atoms with van der Waals surface area (Å²) in [5.41, 5.74) is 0. The Bertz CT molecular complexity index is 131. The lowest BCUT2D eigenvalue weighted by molar-refractivity contribution is 0.252. The van der Waals surface area contributed by atoms with Gasteiger partial charge in [-0.15, -0.1) is 0 Å². The van der Waals surface area contributed by atoms with E-state index < -0.39 is 0 Å². The molecule has 0 amide bonds. The summed E-state index contributed by atoms with van der Waals surface area (Å²) in [6.45, 7) is 3.51. The summed E-state index contributed by atoms with van der Waals surface area (Å²) >= 11 is 0. The number of rotatable bonds is 3. The van der Waals surface area contributed by atoms with Gasteiger partial charge in [-0.25, -0.2) is 0 Å². The van der Waals surface area contributed by atoms with Crippen molar-refractivity contribution in [3.05, 3.63) is 6.42 Å². The molecule has 11 heavy (non-hydrogen) atoms. The van der Waals surface area contributed by atoms with E-state index in [-0.39, 0.29) is 0 Å². The molecule has 61 valence electrons. The van der Waals surface area contributed by atoms with Gasteiger partial charge in [-0.1, -0.05) is 0 Å². The van der Waals surface area contributed by atoms with Gasteiger partial charge in [0.1, 0.15) is 0 Å². The molecule has 0 aromatic rings. The quantitative estimate of drug-likeness (QED) is 0.573. The average Bonchev–Trinajstić information content (AvgIpc) is 2.07. The van der Waals surface area contributed by atoms with Gasteiger partial charge in [0.25, 0.3) is 0 Å². The molecular formula is C9H15N2. The van der Waals surface area contributed by atoms with Crippen LogP contribution in [0.3, 0.4) is 0 Å². The maximum Gasteiger partial charge on any atom is 0.0622 e. The van der Waals surface area contributed by atoms with Gasteiger partial charge in [0.05, 0.1) is 6.07 Å². The van der Waals surface area contributed by atoms with Gasteiger partial charge in [0.15, 0.2) is 0 Å². The summed E-state index contributed by atoms with van der Waals surface area (Å²) in [5, 5.41) is 8.32. The number of piperidine rings is 1. The summed E-state index contributed by atoms with van der Waals surface area (Å²) in [6, 6.07) is 2.17. The molecule has 2 nitrogen and oxygen atoms in total. The van der Waals surface area contributed by atoms with Crippen molar-refractivity contribution >= 4 is 0 Å². The molecule has 1 radical (unpaired) electrons. The van der Waals surface area contributed by atoms with E-state index in [1.54, 1.807) is 0 Å². The maximum atomic E-state index is 8.32. The Balaban J connectivity index is 2.01. The smallest absolute Gasteiger partial charge is 0.0622 e. The van der Waals surface area contributed by atoms with E-state index in [4.69, 9.17) is 5.26 Å². The zero-order valence-electron chi connectivity index (χ0n) is 6.92. The second kappa shape index (κ2) is 5.15. The SMILES string of the molecule is N#CCCCN1CC[CH]CC1. The Morgan fingerprint density at radius 1 is 1.36 bits per heavy atom. The summed E-state index contributed by atoms with van der Waals surface area (Å²) in [6.07, 6.45) is 6.55. The third-order valence-corrected chi connectivity index (χ3v) is 2.06. The summed E-state index contributed by atoms with van der Waals surface area (Å²) in [7, 11) is 0. The van der Waals surface area contributed by atoms with Crippen LogP contribution in [0.2, 0.25) is 0 Å². The Morgan fingerprint density at radius 3 is 2.73 bits per heavy atom. The topological polar surface area (TPSA) is 27.0 Å². The van der Waals surface area contributed by atoms with E-state index >= 15 is 0 Å². The minimum atomic E-state index is 0.709. The second-order valence-electron chi connectivity index (χ2n) is 2.97. The number of hydrogen-bond acceptors (Lipinski definition) is 2. The minimum Gasteiger partial charge on any atom is -0.303 e. The molecule has 0 aromatic heterocycles. The third kappa shape index (κ3) is 3.38. The number of likely N-dealkylation sites (tertiary alicyclic amines) is 1. The number of nitrogens with zero attached hydrogens (tertiary/aromatic N) is 2. The first kappa shape index (κ1) is 8.55. The Morgan fingerprint density at radius 2 is 2.09 bits per heavy atom. The van der Waals surface area contributed by atoms with Crippen LogP contribution in [-0.4, -0.2) is 24.5 Å². The second-order valence-corrected chi connectivity index (χ2v) is 2.97. The highest BCUT2D eigenvalue weighted by Crippen LogP contribution is 2.07. The van der Waals surface area contributed by atoms with Crippen LogP contribution in [0.1, 0.15) is 25.7 Å². The van der Waals surface area contributed by atoms with Gasteiger partial charge in [-0.05, 0) is 45.3 Å². The average molecular weight is 151 g/mol. The van der Waals surface area contributed by atoms with Crippen molar-refractivity contribution < 1.29 is 0 Å². The first-order valence-corrected chi connectivity index (χ1v) is 4.34. The van der Waals surface area contributed by atoms with Crippen LogP contribution in [0.5, 0.6) is 0 Å². The van der Waals surface area contributed by atoms with Gasteiger partial charge in [-0.3, -0.25) is 0 Å². The van der Waals surface area contributed by atoms with E-state index in [9.17, 15) is 0 Å². The molecule has 1 aliphatic rings. The van der Waals surface area contributed by atoms with Crippen molar-refractivity contribution in [1.82, 2.24) is 4.90 Å². The summed E-state index contributed by atoms with van der Waals surface area (Å²) in [4.78, 5) is 2.44. The van der Waals surface area contributed by atoms with Crippen molar-refractivity contribution in [1.29, 1.82) is 5.26 Å². The van der Waals surface area contributed by atoms with Crippen LogP contribution in [0.25, 0.3) is 0 Å². The monoisotopic (exact) mass is 151 g/mol. The predicted octanol–water partition coefficient (Wildman–Crippen LogP) is 1.59. The number of hydrogen-bond donors (Lipinski definition) is 0. The van der Waals surface area contributed by atoms with Crippen LogP contribution in [0.4, 0.5) is 0 Å². The fourth-order valence-electron chi connectivity index (χ4n) is 1.41. The molecule has 0 N–H and O–H groups in total. The van der Waals surface area contributed by atoms with Gasteiger partial charge >= 0.3 is 0 Å². The molecule has 0 spiro atoms. The van der Waals surface area contributed by atoms with Crippen LogP contribution in [0, 0.1) is 17.8 Å². The highest BCUT2D eigenvalue weighted by molar-refractivity contribution is 4.77. The molecule has 0 bridgehead atoms.